The Bertz CT molecular complexity index is 1540. The molecule has 0 aromatic heterocycles. The Balaban J connectivity index is 0.00000799. The van der Waals surface area contributed by atoms with Crippen molar-refractivity contribution in [3.05, 3.63) is 53.6 Å². The highest BCUT2D eigenvalue weighted by Crippen LogP contribution is 2.27. The van der Waals surface area contributed by atoms with Crippen molar-refractivity contribution in [2.24, 2.45) is 26.6 Å². The first kappa shape index (κ1) is 49.9. The van der Waals surface area contributed by atoms with Crippen molar-refractivity contribution < 1.29 is 51.6 Å². The maximum Gasteiger partial charge on any atom is 0.411 e. The summed E-state index contributed by atoms with van der Waals surface area (Å²) in [5.74, 6) is -1.40. The highest BCUT2D eigenvalue weighted by molar-refractivity contribution is 5.99. The van der Waals surface area contributed by atoms with Gasteiger partial charge < -0.3 is 45.7 Å². The van der Waals surface area contributed by atoms with E-state index in [2.05, 4.69) is 54.8 Å². The minimum absolute atomic E-state index is 0.0648. The number of amides is 2. The molecule has 6 N–H and O–H groups in total. The lowest BCUT2D eigenvalue weighted by molar-refractivity contribution is -0.174. The smallest absolute Gasteiger partial charge is 0.411 e. The lowest BCUT2D eigenvalue weighted by atomic mass is 9.94. The predicted molar refractivity (Wildman–Crippen MR) is 214 cm³/mol. The largest absolute Gasteiger partial charge is 0.494 e. The number of hydrogen-bond acceptors (Lipinski definition) is 10. The molecule has 2 amide bonds. The maximum absolute atomic E-state index is 13.5. The van der Waals surface area contributed by atoms with E-state index in [0.717, 1.165) is 24.8 Å². The van der Waals surface area contributed by atoms with Crippen molar-refractivity contribution in [2.75, 3.05) is 46.8 Å². The van der Waals surface area contributed by atoms with Crippen LogP contribution in [0, 0.1) is 5.92 Å². The van der Waals surface area contributed by atoms with Gasteiger partial charge in [-0.05, 0) is 110 Å². The number of nitrogens with zero attached hydrogens (tertiary/aromatic N) is 3. The normalized spacial score (nSPS) is 12.6. The van der Waals surface area contributed by atoms with E-state index >= 15 is 0 Å². The summed E-state index contributed by atoms with van der Waals surface area (Å²) in [5.41, 5.74) is 5.45. The molecule has 318 valence electrons. The van der Waals surface area contributed by atoms with Gasteiger partial charge in [-0.3, -0.25) is 14.6 Å². The molecule has 0 saturated carbocycles. The van der Waals surface area contributed by atoms with Gasteiger partial charge in [-0.2, -0.15) is 13.2 Å². The number of carboxylic acids is 1. The van der Waals surface area contributed by atoms with Crippen LogP contribution in [0.3, 0.4) is 0 Å². The van der Waals surface area contributed by atoms with E-state index in [1.54, 1.807) is 24.3 Å². The number of nitrogens with two attached hydrogens (primary N) is 1. The lowest BCUT2D eigenvalue weighted by Crippen LogP contribution is -2.48. The summed E-state index contributed by atoms with van der Waals surface area (Å²) in [6.45, 7) is 12.1. The molecule has 0 aliphatic heterocycles. The summed E-state index contributed by atoms with van der Waals surface area (Å²) in [4.78, 5) is 48.3. The summed E-state index contributed by atoms with van der Waals surface area (Å²) >= 11 is 0. The first-order valence-corrected chi connectivity index (χ1v) is 18.4. The van der Waals surface area contributed by atoms with Gasteiger partial charge in [0.1, 0.15) is 30.9 Å². The average molecular weight is 810 g/mol. The van der Waals surface area contributed by atoms with E-state index in [-0.39, 0.29) is 30.4 Å². The van der Waals surface area contributed by atoms with Crippen molar-refractivity contribution in [3.63, 3.8) is 0 Å². The fourth-order valence-corrected chi connectivity index (χ4v) is 4.98. The summed E-state index contributed by atoms with van der Waals surface area (Å²) in [5, 5.41) is 17.9. The number of halogens is 3. The van der Waals surface area contributed by atoms with E-state index in [1.807, 2.05) is 32.9 Å². The number of alkyl halides is 3. The average Bonchev–Trinajstić information content (AvgIpc) is 3.17. The number of unbranched alkanes of at least 4 members (excludes halogenated alkanes) is 3. The van der Waals surface area contributed by atoms with Gasteiger partial charge in [-0.15, -0.1) is 0 Å². The monoisotopic (exact) mass is 809 g/mol. The molecule has 57 heavy (non-hydrogen) atoms. The Morgan fingerprint density at radius 2 is 1.63 bits per heavy atom. The molecular weight excluding hydrogens is 751 g/mol. The molecule has 2 atom stereocenters. The van der Waals surface area contributed by atoms with Crippen LogP contribution in [-0.2, 0) is 25.6 Å². The van der Waals surface area contributed by atoms with Gasteiger partial charge in [0, 0.05) is 18.5 Å². The van der Waals surface area contributed by atoms with Gasteiger partial charge in [-0.25, -0.2) is 14.8 Å². The summed E-state index contributed by atoms with van der Waals surface area (Å²) < 4.78 is 58.8. The third kappa shape index (κ3) is 22.3. The van der Waals surface area contributed by atoms with E-state index in [1.165, 1.54) is 13.1 Å². The van der Waals surface area contributed by atoms with Crippen molar-refractivity contribution in [1.82, 2.24) is 16.0 Å². The number of rotatable bonds is 26. The second-order valence-electron chi connectivity index (χ2n) is 13.4. The van der Waals surface area contributed by atoms with Gasteiger partial charge >= 0.3 is 12.1 Å². The van der Waals surface area contributed by atoms with Crippen LogP contribution in [0.1, 0.15) is 75.2 Å². The molecule has 0 aliphatic rings. The van der Waals surface area contributed by atoms with Crippen LogP contribution < -0.4 is 31.2 Å². The summed E-state index contributed by atoms with van der Waals surface area (Å²) in [6, 6.07) is 10.7. The molecule has 0 heterocycles. The molecule has 0 spiro atoms. The minimum atomic E-state index is -4.42. The van der Waals surface area contributed by atoms with Crippen LogP contribution in [0.15, 0.2) is 57.4 Å². The molecule has 0 fully saturated rings. The van der Waals surface area contributed by atoms with E-state index in [4.69, 9.17) is 14.2 Å². The number of aliphatic carboxylic acids is 1. The van der Waals surface area contributed by atoms with Crippen LogP contribution in [0.25, 0.3) is 0 Å². The standard InChI is InChI=1S/C38H53F3N6O8.CH5N/c1-37(2,3)55-23-28(11-10-18-44-25-48)33(35(50)51)47-34(49)31-17-14-29(42-4)21-32(31)54-20-9-7-6-8-19-53-30-15-12-27(13-16-30)22-45-36(43-5)46-26-52-24-38(39,40)41;1-2/h12-17,21,25,28,33H,4-11,18-20,22-24,26H2,1-3H3,(H,44,48)(H,45,46)(H,47,49)(H,50,51);2H2,1H3. The molecule has 0 radical (unpaired) electrons. The summed E-state index contributed by atoms with van der Waals surface area (Å²) in [7, 11) is 1.50. The number of aliphatic imine (C=N–C) groups is 3. The first-order chi connectivity index (χ1) is 27.2. The molecule has 0 bridgehead atoms. The second kappa shape index (κ2) is 27.5. The van der Waals surface area contributed by atoms with Crippen molar-refractivity contribution in [3.8, 4) is 11.5 Å². The SMILES string of the molecule is C=NC(=NCc1ccc(OCCCCCCOc2cc(N=C)ccc2C(=O)NC(C(=O)O)C(CCCNC=O)COC(C)(C)C)cc1)NCOCC(F)(F)F.CN. The van der Waals surface area contributed by atoms with Crippen molar-refractivity contribution >= 4 is 43.4 Å². The van der Waals surface area contributed by atoms with Gasteiger partial charge in [0.2, 0.25) is 12.4 Å². The van der Waals surface area contributed by atoms with Crippen LogP contribution in [0.4, 0.5) is 18.9 Å². The summed E-state index contributed by atoms with van der Waals surface area (Å²) in [6.07, 6.45) is 0.192. The number of nitrogens with one attached hydrogen (secondary N) is 3. The number of benzene rings is 2. The Morgan fingerprint density at radius 3 is 2.21 bits per heavy atom. The topological polar surface area (TPSA) is 208 Å². The van der Waals surface area contributed by atoms with Gasteiger partial charge in [0.15, 0.2) is 0 Å². The Labute approximate surface area is 332 Å². The quantitative estimate of drug-likeness (QED) is 0.0268. The number of ether oxygens (including phenoxy) is 4. The number of guanidine groups is 1. The molecule has 2 rings (SSSR count). The Kier molecular flexibility index (Phi) is 24.1. The van der Waals surface area contributed by atoms with E-state index in [0.29, 0.717) is 56.9 Å². The number of carbonyl (C=O) groups excluding carboxylic acids is 2. The molecule has 2 aromatic carbocycles. The van der Waals surface area contributed by atoms with Gasteiger partial charge in [0.05, 0.1) is 43.2 Å². The van der Waals surface area contributed by atoms with E-state index in [9.17, 15) is 32.7 Å². The Morgan fingerprint density at radius 1 is 0.965 bits per heavy atom. The molecule has 0 aliphatic carbocycles. The van der Waals surface area contributed by atoms with Crippen LogP contribution in [0.2, 0.25) is 0 Å². The molecule has 18 heteroatoms. The second-order valence-corrected chi connectivity index (χ2v) is 13.4. The first-order valence-electron chi connectivity index (χ1n) is 18.4. The zero-order valence-corrected chi connectivity index (χ0v) is 33.2. The van der Waals surface area contributed by atoms with Crippen LogP contribution >= 0.6 is 0 Å². The number of hydrogen-bond donors (Lipinski definition) is 5. The highest BCUT2D eigenvalue weighted by Gasteiger charge is 2.32. The lowest BCUT2D eigenvalue weighted by Gasteiger charge is -2.29. The molecular formula is C39H58F3N7O8. The van der Waals surface area contributed by atoms with Gasteiger partial charge in [0.25, 0.3) is 5.91 Å². The number of carbonyl (C=O) groups is 3. The van der Waals surface area contributed by atoms with E-state index < -0.39 is 49.0 Å². The Hall–Kier alpha value is -5.07. The fraction of sp³-hybridized carbons (Fsp3) is 0.538. The van der Waals surface area contributed by atoms with Crippen molar-refractivity contribution in [2.45, 2.75) is 83.7 Å². The maximum atomic E-state index is 13.5. The molecule has 2 aromatic rings. The highest BCUT2D eigenvalue weighted by atomic mass is 19.4. The third-order valence-corrected chi connectivity index (χ3v) is 7.77. The van der Waals surface area contributed by atoms with Crippen LogP contribution in [-0.4, -0.2) is 107 Å². The third-order valence-electron chi connectivity index (χ3n) is 7.77. The molecule has 2 unspecified atom stereocenters. The molecule has 0 saturated heterocycles. The van der Waals surface area contributed by atoms with Crippen molar-refractivity contribution in [1.29, 1.82) is 0 Å². The zero-order valence-electron chi connectivity index (χ0n) is 33.2. The zero-order chi connectivity index (χ0) is 42.7. The van der Waals surface area contributed by atoms with Gasteiger partial charge in [-0.1, -0.05) is 12.1 Å². The van der Waals surface area contributed by atoms with Crippen LogP contribution in [0.5, 0.6) is 11.5 Å². The number of carboxylic acid groups (broad SMARTS) is 1. The minimum Gasteiger partial charge on any atom is -0.494 e. The fourth-order valence-electron chi connectivity index (χ4n) is 4.98. The molecule has 15 nitrogen and oxygen atoms in total. The predicted octanol–water partition coefficient (Wildman–Crippen LogP) is 5.43.